The third-order valence-corrected chi connectivity index (χ3v) is 3.67. The number of carbonyl (C=O) groups is 1. The number of carbonyl (C=O) groups excluding carboxylic acids is 1. The van der Waals surface area contributed by atoms with Crippen molar-refractivity contribution in [2.45, 2.75) is 13.3 Å². The van der Waals surface area contributed by atoms with Crippen molar-refractivity contribution < 1.29 is 23.0 Å². The van der Waals surface area contributed by atoms with Gasteiger partial charge in [-0.1, -0.05) is 6.07 Å². The molecule has 0 aliphatic heterocycles. The number of hydrogen-bond acceptors (Lipinski definition) is 3. The Bertz CT molecular complexity index is 734. The van der Waals surface area contributed by atoms with E-state index in [1.54, 1.807) is 20.3 Å². The second-order valence-corrected chi connectivity index (χ2v) is 5.21. The highest BCUT2D eigenvalue weighted by molar-refractivity contribution is 5.91. The van der Waals surface area contributed by atoms with Crippen LogP contribution in [-0.4, -0.2) is 26.7 Å². The molecule has 0 atom stereocenters. The zero-order valence-electron chi connectivity index (χ0n) is 13.8. The van der Waals surface area contributed by atoms with Crippen LogP contribution in [-0.2, 0) is 11.2 Å². The maximum atomic E-state index is 13.4. The van der Waals surface area contributed by atoms with Gasteiger partial charge in [-0.05, 0) is 36.2 Å². The monoisotopic (exact) mass is 335 g/mol. The smallest absolute Gasteiger partial charge is 0.223 e. The first-order valence-corrected chi connectivity index (χ1v) is 7.40. The molecule has 0 saturated heterocycles. The van der Waals surface area contributed by atoms with E-state index in [1.165, 1.54) is 17.9 Å². The van der Waals surface area contributed by atoms with E-state index in [1.807, 2.05) is 12.1 Å². The lowest BCUT2D eigenvalue weighted by atomic mass is 10.1. The van der Waals surface area contributed by atoms with E-state index < -0.39 is 11.6 Å². The molecule has 0 fully saturated rings. The number of benzene rings is 2. The Morgan fingerprint density at radius 2 is 1.71 bits per heavy atom. The van der Waals surface area contributed by atoms with Crippen molar-refractivity contribution in [3.63, 3.8) is 0 Å². The quantitative estimate of drug-likeness (QED) is 0.810. The lowest BCUT2D eigenvalue weighted by Crippen LogP contribution is -2.30. The Hall–Kier alpha value is -2.63. The predicted octanol–water partition coefficient (Wildman–Crippen LogP) is 3.58. The molecule has 0 unspecified atom stereocenters. The number of hydrogen-bond donors (Lipinski definition) is 0. The average molecular weight is 335 g/mol. The van der Waals surface area contributed by atoms with E-state index in [4.69, 9.17) is 9.47 Å². The van der Waals surface area contributed by atoms with E-state index in [2.05, 4.69) is 0 Å². The third kappa shape index (κ3) is 4.01. The van der Waals surface area contributed by atoms with Crippen molar-refractivity contribution in [1.82, 2.24) is 0 Å². The summed E-state index contributed by atoms with van der Waals surface area (Å²) in [6.07, 6.45) is 0.527. The van der Waals surface area contributed by atoms with Gasteiger partial charge in [0.1, 0.15) is 0 Å². The minimum absolute atomic E-state index is 0.249. The minimum Gasteiger partial charge on any atom is -0.493 e. The Morgan fingerprint density at radius 3 is 2.29 bits per heavy atom. The fourth-order valence-corrected chi connectivity index (χ4v) is 2.40. The zero-order valence-corrected chi connectivity index (χ0v) is 13.8. The Kier molecular flexibility index (Phi) is 5.73. The highest BCUT2D eigenvalue weighted by Crippen LogP contribution is 2.28. The molecule has 0 heterocycles. The summed E-state index contributed by atoms with van der Waals surface area (Å²) in [5.74, 6) is -0.962. The first-order valence-electron chi connectivity index (χ1n) is 7.40. The van der Waals surface area contributed by atoms with Crippen LogP contribution in [0.25, 0.3) is 0 Å². The van der Waals surface area contributed by atoms with Gasteiger partial charge in [0, 0.05) is 25.2 Å². The summed E-state index contributed by atoms with van der Waals surface area (Å²) in [5.41, 5.74) is 1.25. The molecule has 6 heteroatoms. The van der Waals surface area contributed by atoms with Crippen LogP contribution in [0.2, 0.25) is 0 Å². The van der Waals surface area contributed by atoms with Gasteiger partial charge in [-0.2, -0.15) is 0 Å². The largest absolute Gasteiger partial charge is 0.493 e. The number of rotatable bonds is 6. The van der Waals surface area contributed by atoms with E-state index in [0.717, 1.165) is 17.7 Å². The van der Waals surface area contributed by atoms with Crippen LogP contribution in [0, 0.1) is 11.6 Å². The van der Waals surface area contributed by atoms with Gasteiger partial charge in [0.2, 0.25) is 5.91 Å². The van der Waals surface area contributed by atoms with Crippen molar-refractivity contribution >= 4 is 11.6 Å². The summed E-state index contributed by atoms with van der Waals surface area (Å²) in [6, 6.07) is 8.88. The number of methoxy groups -OCH3 is 2. The summed E-state index contributed by atoms with van der Waals surface area (Å²) < 4.78 is 36.9. The van der Waals surface area contributed by atoms with E-state index in [9.17, 15) is 13.6 Å². The van der Waals surface area contributed by atoms with Crippen molar-refractivity contribution in [2.75, 3.05) is 25.7 Å². The Balaban J connectivity index is 2.17. The van der Waals surface area contributed by atoms with E-state index in [0.29, 0.717) is 30.2 Å². The third-order valence-electron chi connectivity index (χ3n) is 3.67. The van der Waals surface area contributed by atoms with Crippen LogP contribution in [0.4, 0.5) is 14.5 Å². The minimum atomic E-state index is -0.982. The number of nitrogens with zero attached hydrogens (tertiary/aromatic N) is 1. The van der Waals surface area contributed by atoms with Crippen LogP contribution in [0.1, 0.15) is 12.5 Å². The van der Waals surface area contributed by atoms with Crippen molar-refractivity contribution in [2.24, 2.45) is 0 Å². The van der Waals surface area contributed by atoms with Gasteiger partial charge in [0.05, 0.1) is 14.2 Å². The van der Waals surface area contributed by atoms with Crippen LogP contribution in [0.3, 0.4) is 0 Å². The maximum Gasteiger partial charge on any atom is 0.223 e. The van der Waals surface area contributed by atoms with Gasteiger partial charge in [0.15, 0.2) is 23.1 Å². The molecule has 1 amide bonds. The number of amides is 1. The van der Waals surface area contributed by atoms with Gasteiger partial charge in [0.25, 0.3) is 0 Å². The Labute approximate surface area is 139 Å². The fraction of sp³-hybridized carbons (Fsp3) is 0.278. The molecule has 4 nitrogen and oxygen atoms in total. The molecule has 0 saturated carbocycles. The summed E-state index contributed by atoms with van der Waals surface area (Å²) >= 11 is 0. The highest BCUT2D eigenvalue weighted by Gasteiger charge is 2.14. The highest BCUT2D eigenvalue weighted by atomic mass is 19.2. The average Bonchev–Trinajstić information content (AvgIpc) is 2.57. The summed E-state index contributed by atoms with van der Waals surface area (Å²) in [5, 5.41) is 0. The number of anilines is 1. The standard InChI is InChI=1S/C18H19F2NO3/c1-12(22)21(14-5-6-15(19)16(20)11-14)9-8-13-4-7-17(23-2)18(10-13)24-3/h4-7,10-11H,8-9H2,1-3H3. The molecule has 2 aromatic rings. The van der Waals surface area contributed by atoms with Gasteiger partial charge >= 0.3 is 0 Å². The van der Waals surface area contributed by atoms with Crippen molar-refractivity contribution in [3.8, 4) is 11.5 Å². The molecule has 0 N–H and O–H groups in total. The van der Waals surface area contributed by atoms with Crippen LogP contribution >= 0.6 is 0 Å². The van der Waals surface area contributed by atoms with Crippen LogP contribution < -0.4 is 14.4 Å². The van der Waals surface area contributed by atoms with E-state index >= 15 is 0 Å². The normalized spacial score (nSPS) is 10.4. The summed E-state index contributed by atoms with van der Waals surface area (Å²) in [4.78, 5) is 13.3. The predicted molar refractivity (Wildman–Crippen MR) is 87.6 cm³/mol. The topological polar surface area (TPSA) is 38.8 Å². The van der Waals surface area contributed by atoms with Gasteiger partial charge < -0.3 is 14.4 Å². The Morgan fingerprint density at radius 1 is 1.00 bits per heavy atom. The van der Waals surface area contributed by atoms with E-state index in [-0.39, 0.29) is 5.91 Å². The first-order chi connectivity index (χ1) is 11.5. The first kappa shape index (κ1) is 17.7. The second-order valence-electron chi connectivity index (χ2n) is 5.21. The molecule has 0 spiro atoms. The molecule has 0 aliphatic carbocycles. The zero-order chi connectivity index (χ0) is 17.7. The molecule has 24 heavy (non-hydrogen) atoms. The summed E-state index contributed by atoms with van der Waals surface area (Å²) in [7, 11) is 3.10. The SMILES string of the molecule is COc1ccc(CCN(C(C)=O)c2ccc(F)c(F)c2)cc1OC. The maximum absolute atomic E-state index is 13.4. The summed E-state index contributed by atoms with van der Waals surface area (Å²) in [6.45, 7) is 1.71. The van der Waals surface area contributed by atoms with Gasteiger partial charge in [-0.3, -0.25) is 4.79 Å². The lowest BCUT2D eigenvalue weighted by Gasteiger charge is -2.21. The molecular formula is C18H19F2NO3. The van der Waals surface area contributed by atoms with Crippen LogP contribution in [0.5, 0.6) is 11.5 Å². The molecule has 2 aromatic carbocycles. The fourth-order valence-electron chi connectivity index (χ4n) is 2.40. The molecule has 0 aliphatic rings. The van der Waals surface area contributed by atoms with Gasteiger partial charge in [-0.15, -0.1) is 0 Å². The molecule has 0 radical (unpaired) electrons. The van der Waals surface area contributed by atoms with Crippen LogP contribution in [0.15, 0.2) is 36.4 Å². The second kappa shape index (κ2) is 7.77. The molecule has 0 bridgehead atoms. The number of halogens is 2. The molecule has 2 rings (SSSR count). The molecular weight excluding hydrogens is 316 g/mol. The molecule has 128 valence electrons. The lowest BCUT2D eigenvalue weighted by molar-refractivity contribution is -0.116. The van der Waals surface area contributed by atoms with Gasteiger partial charge in [-0.25, -0.2) is 8.78 Å². The molecule has 0 aromatic heterocycles. The van der Waals surface area contributed by atoms with Crippen molar-refractivity contribution in [1.29, 1.82) is 0 Å². The number of ether oxygens (including phenoxy) is 2. The van der Waals surface area contributed by atoms with Crippen molar-refractivity contribution in [3.05, 3.63) is 53.6 Å².